The third kappa shape index (κ3) is 4.29. The molecule has 1 aromatic rings. The standard InChI is InChI=1S/C13H18ClNO4/c1-8(13(16)17)19-12-9(7-15(2)3)5-10(14)6-11(12)18-4/h5-6,8H,7H2,1-4H3,(H,16,17)/t8-/m1/s1. The van der Waals surface area contributed by atoms with Crippen molar-refractivity contribution >= 4 is 17.6 Å². The number of carboxylic acid groups (broad SMARTS) is 1. The normalized spacial score (nSPS) is 12.3. The molecule has 5 nitrogen and oxygen atoms in total. The molecule has 0 saturated carbocycles. The van der Waals surface area contributed by atoms with Crippen molar-refractivity contribution in [3.05, 3.63) is 22.7 Å². The molecule has 0 aromatic heterocycles. The van der Waals surface area contributed by atoms with Gasteiger partial charge in [0, 0.05) is 23.2 Å². The minimum atomic E-state index is -1.03. The zero-order chi connectivity index (χ0) is 14.6. The molecule has 0 fully saturated rings. The van der Waals surface area contributed by atoms with Crippen molar-refractivity contribution in [2.45, 2.75) is 19.6 Å². The first-order valence-electron chi connectivity index (χ1n) is 5.75. The van der Waals surface area contributed by atoms with Crippen LogP contribution in [0.2, 0.25) is 5.02 Å². The fourth-order valence-corrected chi connectivity index (χ4v) is 1.82. The molecular weight excluding hydrogens is 270 g/mol. The SMILES string of the molecule is COc1cc(Cl)cc(CN(C)C)c1O[C@H](C)C(=O)O. The molecule has 106 valence electrons. The van der Waals surface area contributed by atoms with Crippen molar-refractivity contribution in [2.24, 2.45) is 0 Å². The number of hydrogen-bond acceptors (Lipinski definition) is 4. The van der Waals surface area contributed by atoms with E-state index >= 15 is 0 Å². The van der Waals surface area contributed by atoms with Gasteiger partial charge in [-0.2, -0.15) is 0 Å². The van der Waals surface area contributed by atoms with Crippen LogP contribution in [-0.2, 0) is 11.3 Å². The predicted octanol–water partition coefficient (Wildman–Crippen LogP) is 2.26. The number of nitrogens with zero attached hydrogens (tertiary/aromatic N) is 1. The van der Waals surface area contributed by atoms with E-state index in [-0.39, 0.29) is 0 Å². The zero-order valence-corrected chi connectivity index (χ0v) is 12.2. The highest BCUT2D eigenvalue weighted by Crippen LogP contribution is 2.36. The van der Waals surface area contributed by atoms with Gasteiger partial charge in [0.2, 0.25) is 0 Å². The van der Waals surface area contributed by atoms with Gasteiger partial charge in [-0.15, -0.1) is 0 Å². The number of ether oxygens (including phenoxy) is 2. The maximum Gasteiger partial charge on any atom is 0.344 e. The summed E-state index contributed by atoms with van der Waals surface area (Å²) in [5, 5.41) is 9.45. The van der Waals surface area contributed by atoms with E-state index in [0.717, 1.165) is 5.56 Å². The zero-order valence-electron chi connectivity index (χ0n) is 11.4. The molecule has 0 radical (unpaired) electrons. The summed E-state index contributed by atoms with van der Waals surface area (Å²) in [6.07, 6.45) is -0.962. The van der Waals surface area contributed by atoms with E-state index in [1.165, 1.54) is 14.0 Å². The summed E-state index contributed by atoms with van der Waals surface area (Å²) in [7, 11) is 5.29. The van der Waals surface area contributed by atoms with E-state index in [1.54, 1.807) is 12.1 Å². The highest BCUT2D eigenvalue weighted by Gasteiger charge is 2.19. The number of carbonyl (C=O) groups is 1. The minimum Gasteiger partial charge on any atom is -0.493 e. The van der Waals surface area contributed by atoms with Crippen LogP contribution in [0.15, 0.2) is 12.1 Å². The second-order valence-corrected chi connectivity index (χ2v) is 4.87. The Balaban J connectivity index is 3.19. The number of methoxy groups -OCH3 is 1. The highest BCUT2D eigenvalue weighted by molar-refractivity contribution is 6.30. The molecule has 0 aliphatic rings. The summed E-state index contributed by atoms with van der Waals surface area (Å²) in [4.78, 5) is 12.8. The lowest BCUT2D eigenvalue weighted by molar-refractivity contribution is -0.144. The second-order valence-electron chi connectivity index (χ2n) is 4.43. The predicted molar refractivity (Wildman–Crippen MR) is 73.1 cm³/mol. The van der Waals surface area contributed by atoms with Crippen LogP contribution in [0.5, 0.6) is 11.5 Å². The Bertz CT molecular complexity index is 462. The fourth-order valence-electron chi connectivity index (χ4n) is 1.59. The summed E-state index contributed by atoms with van der Waals surface area (Å²) < 4.78 is 10.7. The largest absolute Gasteiger partial charge is 0.493 e. The number of benzene rings is 1. The number of carboxylic acids is 1. The van der Waals surface area contributed by atoms with Crippen molar-refractivity contribution in [1.29, 1.82) is 0 Å². The van der Waals surface area contributed by atoms with Gasteiger partial charge in [-0.1, -0.05) is 11.6 Å². The summed E-state index contributed by atoms with van der Waals surface area (Å²) in [5.41, 5.74) is 0.780. The first-order valence-corrected chi connectivity index (χ1v) is 6.13. The molecule has 1 aromatic carbocycles. The average Bonchev–Trinajstić information content (AvgIpc) is 2.30. The molecule has 6 heteroatoms. The van der Waals surface area contributed by atoms with Gasteiger partial charge >= 0.3 is 5.97 Å². The second kappa shape index (κ2) is 6.63. The molecule has 0 heterocycles. The van der Waals surface area contributed by atoms with E-state index in [9.17, 15) is 4.79 Å². The molecule has 0 saturated heterocycles. The molecule has 0 spiro atoms. The molecule has 0 aliphatic heterocycles. The first-order chi connectivity index (χ1) is 8.85. The van der Waals surface area contributed by atoms with E-state index in [1.807, 2.05) is 19.0 Å². The van der Waals surface area contributed by atoms with Crippen molar-refractivity contribution in [3.63, 3.8) is 0 Å². The quantitative estimate of drug-likeness (QED) is 0.870. The van der Waals surface area contributed by atoms with Gasteiger partial charge in [-0.05, 0) is 27.1 Å². The van der Waals surface area contributed by atoms with Gasteiger partial charge in [-0.25, -0.2) is 4.79 Å². The third-order valence-electron chi connectivity index (χ3n) is 2.45. The van der Waals surface area contributed by atoms with Crippen LogP contribution < -0.4 is 9.47 Å². The maximum atomic E-state index is 10.9. The van der Waals surface area contributed by atoms with Crippen LogP contribution >= 0.6 is 11.6 Å². The molecule has 0 amide bonds. The smallest absolute Gasteiger partial charge is 0.344 e. The Labute approximate surface area is 117 Å². The van der Waals surface area contributed by atoms with Crippen LogP contribution in [0.4, 0.5) is 0 Å². The van der Waals surface area contributed by atoms with Gasteiger partial charge in [0.25, 0.3) is 0 Å². The number of hydrogen-bond donors (Lipinski definition) is 1. The lowest BCUT2D eigenvalue weighted by Gasteiger charge is -2.20. The number of aliphatic carboxylic acids is 1. The van der Waals surface area contributed by atoms with Crippen molar-refractivity contribution in [3.8, 4) is 11.5 Å². The number of halogens is 1. The van der Waals surface area contributed by atoms with Crippen LogP contribution in [0.3, 0.4) is 0 Å². The van der Waals surface area contributed by atoms with Crippen molar-refractivity contribution in [2.75, 3.05) is 21.2 Å². The van der Waals surface area contributed by atoms with Crippen molar-refractivity contribution < 1.29 is 19.4 Å². The molecule has 1 rings (SSSR count). The van der Waals surface area contributed by atoms with Crippen LogP contribution in [-0.4, -0.2) is 43.3 Å². The first kappa shape index (κ1) is 15.6. The molecular formula is C13H18ClNO4. The van der Waals surface area contributed by atoms with E-state index < -0.39 is 12.1 Å². The summed E-state index contributed by atoms with van der Waals surface area (Å²) in [6, 6.07) is 3.35. The lowest BCUT2D eigenvalue weighted by Crippen LogP contribution is -2.24. The van der Waals surface area contributed by atoms with Gasteiger partial charge in [-0.3, -0.25) is 0 Å². The lowest BCUT2D eigenvalue weighted by atomic mass is 10.1. The topological polar surface area (TPSA) is 59.0 Å². The number of rotatable bonds is 6. The minimum absolute atomic E-state index is 0.413. The Morgan fingerprint density at radius 3 is 2.58 bits per heavy atom. The maximum absolute atomic E-state index is 10.9. The van der Waals surface area contributed by atoms with Gasteiger partial charge in [0.05, 0.1) is 7.11 Å². The molecule has 1 N–H and O–H groups in total. The van der Waals surface area contributed by atoms with E-state index in [4.69, 9.17) is 26.2 Å². The Morgan fingerprint density at radius 1 is 1.47 bits per heavy atom. The fraction of sp³-hybridized carbons (Fsp3) is 0.462. The van der Waals surface area contributed by atoms with Crippen LogP contribution in [0.25, 0.3) is 0 Å². The Kier molecular flexibility index (Phi) is 5.44. The van der Waals surface area contributed by atoms with Crippen LogP contribution in [0, 0.1) is 0 Å². The van der Waals surface area contributed by atoms with Gasteiger partial charge < -0.3 is 19.5 Å². The molecule has 0 unspecified atom stereocenters. The molecule has 0 aliphatic carbocycles. The van der Waals surface area contributed by atoms with E-state index in [2.05, 4.69) is 0 Å². The van der Waals surface area contributed by atoms with E-state index in [0.29, 0.717) is 23.1 Å². The molecule has 0 bridgehead atoms. The third-order valence-corrected chi connectivity index (χ3v) is 2.66. The van der Waals surface area contributed by atoms with Gasteiger partial charge in [0.15, 0.2) is 17.6 Å². The van der Waals surface area contributed by atoms with Crippen molar-refractivity contribution in [1.82, 2.24) is 4.90 Å². The molecule has 1 atom stereocenters. The monoisotopic (exact) mass is 287 g/mol. The van der Waals surface area contributed by atoms with Gasteiger partial charge in [0.1, 0.15) is 0 Å². The summed E-state index contributed by atoms with van der Waals surface area (Å²) in [5.74, 6) is -0.194. The Hall–Kier alpha value is -1.46. The summed E-state index contributed by atoms with van der Waals surface area (Å²) in [6.45, 7) is 2.04. The highest BCUT2D eigenvalue weighted by atomic mass is 35.5. The Morgan fingerprint density at radius 2 is 2.11 bits per heavy atom. The average molecular weight is 288 g/mol. The molecule has 19 heavy (non-hydrogen) atoms. The van der Waals surface area contributed by atoms with Crippen LogP contribution in [0.1, 0.15) is 12.5 Å². The summed E-state index contributed by atoms with van der Waals surface area (Å²) >= 11 is 6.01.